The number of amides is 1. The first-order valence-electron chi connectivity index (χ1n) is 8.27. The number of carbonyl (C=O) groups is 1. The van der Waals surface area contributed by atoms with Gasteiger partial charge in [0.1, 0.15) is 11.0 Å². The molecular formula is C20H18N6O. The van der Waals surface area contributed by atoms with Gasteiger partial charge in [-0.05, 0) is 30.2 Å². The van der Waals surface area contributed by atoms with E-state index in [1.54, 1.807) is 6.20 Å². The number of hydrogen-bond acceptors (Lipinski definition) is 3. The number of anilines is 1. The van der Waals surface area contributed by atoms with E-state index in [2.05, 4.69) is 30.6 Å². The van der Waals surface area contributed by atoms with Gasteiger partial charge < -0.3 is 10.3 Å². The van der Waals surface area contributed by atoms with Crippen LogP contribution in [0.2, 0.25) is 0 Å². The molecule has 0 radical (unpaired) electrons. The van der Waals surface area contributed by atoms with Crippen molar-refractivity contribution in [3.05, 3.63) is 71.7 Å². The highest BCUT2D eigenvalue weighted by molar-refractivity contribution is 5.96. The van der Waals surface area contributed by atoms with Crippen molar-refractivity contribution in [3.63, 3.8) is 0 Å². The van der Waals surface area contributed by atoms with Crippen LogP contribution in [0.5, 0.6) is 0 Å². The number of fused-ring (bicyclic) bond motifs is 1. The molecule has 4 aromatic rings. The van der Waals surface area contributed by atoms with Crippen molar-refractivity contribution in [2.75, 3.05) is 5.32 Å². The highest BCUT2D eigenvalue weighted by atomic mass is 16.1. The topological polar surface area (TPSA) is 90.8 Å². The van der Waals surface area contributed by atoms with Gasteiger partial charge in [0.05, 0.1) is 18.0 Å². The van der Waals surface area contributed by atoms with E-state index in [9.17, 15) is 4.79 Å². The van der Waals surface area contributed by atoms with Gasteiger partial charge in [0.2, 0.25) is 11.6 Å². The Labute approximate surface area is 156 Å². The molecule has 7 nitrogen and oxygen atoms in total. The molecule has 0 fully saturated rings. The smallest absolute Gasteiger partial charge is 0.234 e. The number of aryl methyl sites for hydroxylation is 1. The molecule has 1 amide bonds. The summed E-state index contributed by atoms with van der Waals surface area (Å²) in [6.07, 6.45) is 1.64. The van der Waals surface area contributed by atoms with E-state index < -0.39 is 0 Å². The molecule has 2 aromatic heterocycles. The number of hydrogen-bond donors (Lipinski definition) is 3. The van der Waals surface area contributed by atoms with Crippen LogP contribution in [0.15, 0.2) is 54.7 Å². The van der Waals surface area contributed by atoms with Gasteiger partial charge in [0.25, 0.3) is 0 Å². The van der Waals surface area contributed by atoms with E-state index in [1.807, 2.05) is 55.5 Å². The maximum atomic E-state index is 11.0. The number of aromatic nitrogens is 4. The van der Waals surface area contributed by atoms with Gasteiger partial charge in [-0.1, -0.05) is 36.4 Å². The molecule has 2 heterocycles. The third kappa shape index (κ3) is 4.19. The summed E-state index contributed by atoms with van der Waals surface area (Å²) >= 11 is 0. The Morgan fingerprint density at radius 2 is 1.85 bits per heavy atom. The Morgan fingerprint density at radius 1 is 1.11 bits per heavy atom. The number of nitrogens with zero attached hydrogens (tertiary/aromatic N) is 3. The van der Waals surface area contributed by atoms with Crippen molar-refractivity contribution in [2.24, 2.45) is 0 Å². The predicted molar refractivity (Wildman–Crippen MR) is 105 cm³/mol. The summed E-state index contributed by atoms with van der Waals surface area (Å²) in [6.45, 7) is 10.6. The molecule has 0 unspecified atom stereocenters. The van der Waals surface area contributed by atoms with Crippen LogP contribution in [0.25, 0.3) is 27.1 Å². The third-order valence-electron chi connectivity index (χ3n) is 3.81. The van der Waals surface area contributed by atoms with Crippen LogP contribution in [-0.4, -0.2) is 26.3 Å². The molecule has 0 aliphatic heterocycles. The summed E-state index contributed by atoms with van der Waals surface area (Å²) in [5.41, 5.74) is 5.67. The van der Waals surface area contributed by atoms with Crippen LogP contribution < -0.4 is 5.32 Å². The van der Waals surface area contributed by atoms with Crippen LogP contribution >= 0.6 is 0 Å². The molecule has 0 saturated carbocycles. The molecule has 4 rings (SSSR count). The third-order valence-corrected chi connectivity index (χ3v) is 3.81. The fourth-order valence-corrected chi connectivity index (χ4v) is 2.59. The standard InChI is InChI=1S/C13H11N3O.C7H7N3/c1-9(17)16-11-8-15-12(13(11)14-2)10-6-4-3-5-7-10;1-5-2-3-6-7(4-5)9-10-8-6/h3-8,15H,1H3,(H,16,17);2-4H,1H3,(H,8,9,10). The second-order valence-electron chi connectivity index (χ2n) is 5.90. The summed E-state index contributed by atoms with van der Waals surface area (Å²) in [7, 11) is 0. The Bertz CT molecular complexity index is 1100. The monoisotopic (exact) mass is 358 g/mol. The zero-order chi connectivity index (χ0) is 19.2. The summed E-state index contributed by atoms with van der Waals surface area (Å²) in [5.74, 6) is -0.187. The molecule has 0 saturated heterocycles. The lowest BCUT2D eigenvalue weighted by atomic mass is 10.1. The minimum atomic E-state index is -0.187. The molecule has 0 bridgehead atoms. The molecule has 0 aliphatic rings. The summed E-state index contributed by atoms with van der Waals surface area (Å²) in [6, 6.07) is 15.5. The van der Waals surface area contributed by atoms with Gasteiger partial charge in [0, 0.05) is 13.1 Å². The summed E-state index contributed by atoms with van der Waals surface area (Å²) in [5, 5.41) is 13.1. The largest absolute Gasteiger partial charge is 0.370 e. The Kier molecular flexibility index (Phi) is 5.28. The van der Waals surface area contributed by atoms with E-state index >= 15 is 0 Å². The number of nitrogens with one attached hydrogen (secondary N) is 3. The average molecular weight is 358 g/mol. The van der Waals surface area contributed by atoms with Crippen molar-refractivity contribution in [1.82, 2.24) is 20.4 Å². The zero-order valence-corrected chi connectivity index (χ0v) is 14.9. The Morgan fingerprint density at radius 3 is 2.56 bits per heavy atom. The summed E-state index contributed by atoms with van der Waals surface area (Å²) < 4.78 is 0. The van der Waals surface area contributed by atoms with Gasteiger partial charge in [-0.2, -0.15) is 15.4 Å². The number of benzene rings is 2. The number of aromatic amines is 2. The van der Waals surface area contributed by atoms with Crippen LogP contribution in [0.4, 0.5) is 11.4 Å². The highest BCUT2D eigenvalue weighted by Gasteiger charge is 2.13. The molecule has 2 aromatic carbocycles. The minimum Gasteiger partial charge on any atom is -0.370 e. The predicted octanol–water partition coefficient (Wildman–Crippen LogP) is 4.46. The fourth-order valence-electron chi connectivity index (χ4n) is 2.59. The van der Waals surface area contributed by atoms with Crippen LogP contribution in [-0.2, 0) is 4.79 Å². The lowest BCUT2D eigenvalue weighted by Gasteiger charge is -2.00. The second-order valence-corrected chi connectivity index (χ2v) is 5.90. The second kappa shape index (κ2) is 7.97. The lowest BCUT2D eigenvalue weighted by molar-refractivity contribution is -0.114. The molecule has 0 aliphatic carbocycles. The molecule has 27 heavy (non-hydrogen) atoms. The van der Waals surface area contributed by atoms with Crippen LogP contribution in [0, 0.1) is 13.5 Å². The van der Waals surface area contributed by atoms with Crippen LogP contribution in [0.1, 0.15) is 12.5 Å². The highest BCUT2D eigenvalue weighted by Crippen LogP contribution is 2.36. The van der Waals surface area contributed by atoms with Gasteiger partial charge >= 0.3 is 0 Å². The van der Waals surface area contributed by atoms with Gasteiger partial charge in [0.15, 0.2) is 0 Å². The van der Waals surface area contributed by atoms with Crippen molar-refractivity contribution in [2.45, 2.75) is 13.8 Å². The Hall–Kier alpha value is -3.92. The number of carbonyl (C=O) groups excluding carboxylic acids is 1. The van der Waals surface area contributed by atoms with Crippen molar-refractivity contribution in [3.8, 4) is 11.3 Å². The molecule has 0 atom stereocenters. The molecule has 0 spiro atoms. The van der Waals surface area contributed by atoms with Gasteiger partial charge in [-0.25, -0.2) is 4.85 Å². The van der Waals surface area contributed by atoms with E-state index in [4.69, 9.17) is 6.57 Å². The molecular weight excluding hydrogens is 340 g/mol. The minimum absolute atomic E-state index is 0.187. The van der Waals surface area contributed by atoms with E-state index in [0.717, 1.165) is 22.3 Å². The first-order chi connectivity index (χ1) is 13.1. The SMILES string of the molecule is Cc1ccc2n[nH]nc2c1.[C-]#[N+]c1c(NC(C)=O)c[nH]c1-c1ccccc1. The fraction of sp³-hybridized carbons (Fsp3) is 0.100. The number of H-pyrrole nitrogens is 2. The molecule has 134 valence electrons. The van der Waals surface area contributed by atoms with Gasteiger partial charge in [-0.15, -0.1) is 0 Å². The normalized spacial score (nSPS) is 9.96. The van der Waals surface area contributed by atoms with Crippen molar-refractivity contribution >= 4 is 28.3 Å². The molecule has 7 heteroatoms. The van der Waals surface area contributed by atoms with E-state index in [1.165, 1.54) is 12.5 Å². The maximum absolute atomic E-state index is 11.0. The zero-order valence-electron chi connectivity index (χ0n) is 14.9. The Balaban J connectivity index is 0.000000177. The summed E-state index contributed by atoms with van der Waals surface area (Å²) in [4.78, 5) is 17.5. The van der Waals surface area contributed by atoms with Crippen LogP contribution in [0.3, 0.4) is 0 Å². The van der Waals surface area contributed by atoms with E-state index in [-0.39, 0.29) is 5.91 Å². The lowest BCUT2D eigenvalue weighted by Crippen LogP contribution is -2.04. The van der Waals surface area contributed by atoms with Gasteiger partial charge in [-0.3, -0.25) is 4.79 Å². The first kappa shape index (κ1) is 17.9. The van der Waals surface area contributed by atoms with Crippen molar-refractivity contribution < 1.29 is 4.79 Å². The van der Waals surface area contributed by atoms with E-state index in [0.29, 0.717) is 11.4 Å². The molecule has 3 N–H and O–H groups in total. The van der Waals surface area contributed by atoms with Crippen molar-refractivity contribution in [1.29, 1.82) is 0 Å². The average Bonchev–Trinajstić information content (AvgIpc) is 3.28. The first-order valence-corrected chi connectivity index (χ1v) is 8.27. The quantitative estimate of drug-likeness (QED) is 0.462. The number of rotatable bonds is 2. The maximum Gasteiger partial charge on any atom is 0.234 e.